The molecular formula is C24H33N7O4S. The molecule has 0 radical (unpaired) electrons. The van der Waals surface area contributed by atoms with Gasteiger partial charge >= 0.3 is 0 Å². The third kappa shape index (κ3) is 6.64. The van der Waals surface area contributed by atoms with Crippen molar-refractivity contribution in [2.45, 2.75) is 19.6 Å². The lowest BCUT2D eigenvalue weighted by atomic mass is 10.2. The van der Waals surface area contributed by atoms with E-state index in [1.54, 1.807) is 36.3 Å². The largest absolute Gasteiger partial charge is 0.478 e. The molecule has 4 heterocycles. The Bertz CT molecular complexity index is 1230. The molecule has 36 heavy (non-hydrogen) atoms. The minimum atomic E-state index is -0.684. The third-order valence-corrected chi connectivity index (χ3v) is 6.86. The van der Waals surface area contributed by atoms with E-state index >= 15 is 0 Å². The Labute approximate surface area is 211 Å². The summed E-state index contributed by atoms with van der Waals surface area (Å²) in [7, 11) is 1.01. The van der Waals surface area contributed by atoms with Gasteiger partial charge in [-0.15, -0.1) is 0 Å². The summed E-state index contributed by atoms with van der Waals surface area (Å²) in [6.07, 6.45) is 13.1. The van der Waals surface area contributed by atoms with Gasteiger partial charge in [0.25, 0.3) is 11.8 Å². The van der Waals surface area contributed by atoms with Crippen LogP contribution in [0.25, 0.3) is 11.4 Å². The van der Waals surface area contributed by atoms with Crippen molar-refractivity contribution >= 4 is 27.5 Å². The highest BCUT2D eigenvalue weighted by Crippen LogP contribution is 2.33. The van der Waals surface area contributed by atoms with Gasteiger partial charge in [0, 0.05) is 49.6 Å². The predicted molar refractivity (Wildman–Crippen MR) is 140 cm³/mol. The summed E-state index contributed by atoms with van der Waals surface area (Å²) in [6.45, 7) is 1.77. The van der Waals surface area contributed by atoms with Crippen LogP contribution in [0.2, 0.25) is 0 Å². The quantitative estimate of drug-likeness (QED) is 0.500. The lowest BCUT2D eigenvalue weighted by Crippen LogP contribution is -2.26. The smallest absolute Gasteiger partial charge is 0.275 e. The highest BCUT2D eigenvalue weighted by atomic mass is 32.3. The molecule has 0 aliphatic carbocycles. The number of aromatic nitrogens is 5. The molecule has 1 aliphatic heterocycles. The zero-order chi connectivity index (χ0) is 25.7. The van der Waals surface area contributed by atoms with Crippen LogP contribution in [0.4, 0.5) is 5.69 Å². The molecule has 0 saturated carbocycles. The second-order valence-corrected chi connectivity index (χ2v) is 14.1. The molecule has 4 rings (SSSR count). The average Bonchev–Trinajstić information content (AvgIpc) is 3.41. The molecule has 2 N–H and O–H groups in total. The number of fused-ring (bicyclic) bond motifs is 6. The van der Waals surface area contributed by atoms with Crippen molar-refractivity contribution in [1.82, 2.24) is 29.6 Å². The Morgan fingerprint density at radius 1 is 1.17 bits per heavy atom. The van der Waals surface area contributed by atoms with E-state index in [0.29, 0.717) is 37.2 Å². The summed E-state index contributed by atoms with van der Waals surface area (Å²) in [4.78, 5) is 34.8. The van der Waals surface area contributed by atoms with Crippen LogP contribution < -0.4 is 15.4 Å². The van der Waals surface area contributed by atoms with Crippen molar-refractivity contribution in [1.29, 1.82) is 0 Å². The van der Waals surface area contributed by atoms with E-state index < -0.39 is 15.9 Å². The second-order valence-electron chi connectivity index (χ2n) is 9.47. The maximum absolute atomic E-state index is 13.2. The molecule has 0 unspecified atom stereocenters. The Hall–Kier alpha value is -3.38. The third-order valence-electron chi connectivity index (χ3n) is 5.47. The normalized spacial score (nSPS) is 15.3. The molecule has 194 valence electrons. The SMILES string of the molecule is Cn1cc2c(n1)C(=O)NCCCCOc1cc(ccn1)-c1nc(cn1COCCS(C)(C)C)C(=O)N2. The Kier molecular flexibility index (Phi) is 7.94. The molecule has 3 aromatic heterocycles. The van der Waals surface area contributed by atoms with E-state index in [-0.39, 0.29) is 24.0 Å². The Balaban J connectivity index is 1.66. The van der Waals surface area contributed by atoms with Crippen molar-refractivity contribution in [3.05, 3.63) is 42.1 Å². The fourth-order valence-corrected chi connectivity index (χ4v) is 4.19. The first-order valence-corrected chi connectivity index (χ1v) is 14.8. The van der Waals surface area contributed by atoms with Gasteiger partial charge in [-0.3, -0.25) is 14.3 Å². The van der Waals surface area contributed by atoms with Gasteiger partial charge in [-0.05, 0) is 37.7 Å². The molecule has 0 atom stereocenters. The zero-order valence-corrected chi connectivity index (χ0v) is 21.9. The van der Waals surface area contributed by atoms with Crippen LogP contribution in [0.1, 0.15) is 33.8 Å². The highest BCUT2D eigenvalue weighted by molar-refractivity contribution is 8.32. The number of aryl methyl sites for hydroxylation is 1. The molecule has 0 saturated heterocycles. The monoisotopic (exact) mass is 515 g/mol. The van der Waals surface area contributed by atoms with E-state index in [1.807, 2.05) is 6.07 Å². The lowest BCUT2D eigenvalue weighted by molar-refractivity contribution is 0.0905. The number of carbonyl (C=O) groups is 2. The lowest BCUT2D eigenvalue weighted by Gasteiger charge is -2.24. The number of amides is 2. The number of anilines is 1. The molecule has 12 heteroatoms. The van der Waals surface area contributed by atoms with Crippen molar-refractivity contribution in [2.75, 3.05) is 49.6 Å². The van der Waals surface area contributed by atoms with Gasteiger partial charge < -0.3 is 24.7 Å². The van der Waals surface area contributed by atoms with Crippen LogP contribution in [0.5, 0.6) is 5.88 Å². The first-order valence-electron chi connectivity index (χ1n) is 11.7. The topological polar surface area (TPSA) is 125 Å². The molecule has 0 aromatic carbocycles. The maximum atomic E-state index is 13.2. The van der Waals surface area contributed by atoms with Gasteiger partial charge in [0.05, 0.1) is 18.9 Å². The van der Waals surface area contributed by atoms with Gasteiger partial charge in [-0.1, -0.05) is 0 Å². The standard InChI is InChI=1S/C24H33N7O4S/c1-30-14-18-21(29-30)24(33)26-8-5-6-10-35-20-13-17(7-9-25-20)22-27-19(23(32)28-18)15-31(22)16-34-11-12-36(2,3)4/h7,9,13-15H,5-6,8,10-12,16H2,1-4H3,(H,26,33)(H,28,32). The number of ether oxygens (including phenoxy) is 2. The summed E-state index contributed by atoms with van der Waals surface area (Å²) in [6, 6.07) is 3.63. The predicted octanol–water partition coefficient (Wildman–Crippen LogP) is 2.50. The first-order chi connectivity index (χ1) is 17.2. The number of hydrogen-bond donors (Lipinski definition) is 2. The molecule has 11 nitrogen and oxygen atoms in total. The molecule has 3 aromatic rings. The zero-order valence-electron chi connectivity index (χ0n) is 21.1. The van der Waals surface area contributed by atoms with Gasteiger partial charge in [0.1, 0.15) is 18.2 Å². The fourth-order valence-electron chi connectivity index (χ4n) is 3.58. The first kappa shape index (κ1) is 25.7. The summed E-state index contributed by atoms with van der Waals surface area (Å²) in [5, 5.41) is 9.85. The van der Waals surface area contributed by atoms with Crippen LogP contribution in [0.3, 0.4) is 0 Å². The second kappa shape index (κ2) is 11.1. The summed E-state index contributed by atoms with van der Waals surface area (Å²) in [5.74, 6) is 1.19. The number of nitrogens with zero attached hydrogens (tertiary/aromatic N) is 5. The maximum Gasteiger partial charge on any atom is 0.275 e. The van der Waals surface area contributed by atoms with Gasteiger partial charge in [0.15, 0.2) is 5.69 Å². The highest BCUT2D eigenvalue weighted by Gasteiger charge is 2.22. The molecular weight excluding hydrogens is 482 g/mol. The van der Waals surface area contributed by atoms with Crippen molar-refractivity contribution in [3.8, 4) is 17.3 Å². The number of pyridine rings is 1. The Morgan fingerprint density at radius 2 is 2.00 bits per heavy atom. The molecule has 0 spiro atoms. The van der Waals surface area contributed by atoms with Gasteiger partial charge in [0.2, 0.25) is 5.88 Å². The fraction of sp³-hybridized carbons (Fsp3) is 0.458. The van der Waals surface area contributed by atoms with Crippen LogP contribution in [0, 0.1) is 0 Å². The summed E-state index contributed by atoms with van der Waals surface area (Å²) in [5.41, 5.74) is 1.41. The van der Waals surface area contributed by atoms with Crippen LogP contribution in [0.15, 0.2) is 30.7 Å². The van der Waals surface area contributed by atoms with E-state index in [2.05, 4.69) is 44.5 Å². The van der Waals surface area contributed by atoms with Gasteiger partial charge in [-0.25, -0.2) is 20.0 Å². The number of imidazole rings is 1. The summed E-state index contributed by atoms with van der Waals surface area (Å²) < 4.78 is 15.0. The molecule has 4 bridgehead atoms. The minimum Gasteiger partial charge on any atom is -0.478 e. The number of hydrogen-bond acceptors (Lipinski definition) is 7. The molecule has 0 fully saturated rings. The van der Waals surface area contributed by atoms with Crippen molar-refractivity contribution in [2.24, 2.45) is 7.05 Å². The minimum absolute atomic E-state index is 0.148. The Morgan fingerprint density at radius 3 is 2.81 bits per heavy atom. The average molecular weight is 516 g/mol. The van der Waals surface area contributed by atoms with E-state index in [9.17, 15) is 9.59 Å². The number of carbonyl (C=O) groups excluding carboxylic acids is 2. The van der Waals surface area contributed by atoms with Crippen LogP contribution >= 0.6 is 10.0 Å². The number of nitrogens with one attached hydrogen (secondary N) is 2. The van der Waals surface area contributed by atoms with Crippen molar-refractivity contribution in [3.63, 3.8) is 0 Å². The summed E-state index contributed by atoms with van der Waals surface area (Å²) >= 11 is 0. The van der Waals surface area contributed by atoms with E-state index in [4.69, 9.17) is 9.47 Å². The van der Waals surface area contributed by atoms with Crippen LogP contribution in [-0.2, 0) is 18.5 Å². The van der Waals surface area contributed by atoms with E-state index in [0.717, 1.165) is 24.2 Å². The van der Waals surface area contributed by atoms with Gasteiger partial charge in [-0.2, -0.15) is 5.10 Å². The van der Waals surface area contributed by atoms with Crippen LogP contribution in [-0.4, -0.2) is 80.4 Å². The molecule has 2 amide bonds. The number of rotatable bonds is 5. The molecule has 1 aliphatic rings. The van der Waals surface area contributed by atoms with E-state index in [1.165, 1.54) is 4.68 Å². The van der Waals surface area contributed by atoms with Crippen molar-refractivity contribution < 1.29 is 19.1 Å².